The number of halogens is 3. The lowest BCUT2D eigenvalue weighted by atomic mass is 10.1. The zero-order chi connectivity index (χ0) is 12.9. The second-order valence-corrected chi connectivity index (χ2v) is 3.91. The highest BCUT2D eigenvalue weighted by atomic mass is 19.4. The van der Waals surface area contributed by atoms with Gasteiger partial charge >= 0.3 is 12.1 Å². The van der Waals surface area contributed by atoms with E-state index in [1.165, 1.54) is 0 Å². The largest absolute Gasteiger partial charge is 0.471 e. The molecule has 2 N–H and O–H groups in total. The van der Waals surface area contributed by atoms with Crippen LogP contribution in [0.4, 0.5) is 13.2 Å². The molecular formula is C10H16F3N3O. The summed E-state index contributed by atoms with van der Waals surface area (Å²) < 4.78 is 40.7. The first-order valence-electron chi connectivity index (χ1n) is 5.61. The van der Waals surface area contributed by atoms with E-state index < -0.39 is 18.1 Å². The molecule has 1 heterocycles. The summed E-state index contributed by atoms with van der Waals surface area (Å²) in [5, 5.41) is 3.25. The van der Waals surface area contributed by atoms with E-state index in [4.69, 9.17) is 5.73 Å². The molecule has 0 saturated heterocycles. The Hall–Kier alpha value is -1.11. The molecular weight excluding hydrogens is 235 g/mol. The zero-order valence-electron chi connectivity index (χ0n) is 9.63. The Morgan fingerprint density at radius 1 is 1.29 bits per heavy atom. The van der Waals surface area contributed by atoms with Crippen LogP contribution in [0.25, 0.3) is 0 Å². The fourth-order valence-corrected chi connectivity index (χ4v) is 1.42. The van der Waals surface area contributed by atoms with E-state index in [2.05, 4.69) is 21.6 Å². The van der Waals surface area contributed by atoms with Crippen LogP contribution in [0.5, 0.6) is 0 Å². The molecule has 1 aromatic rings. The van der Waals surface area contributed by atoms with E-state index >= 15 is 0 Å². The quantitative estimate of drug-likeness (QED) is 0.789. The summed E-state index contributed by atoms with van der Waals surface area (Å²) in [5.74, 6) is -1.41. The van der Waals surface area contributed by atoms with Gasteiger partial charge in [-0.1, -0.05) is 37.8 Å². The lowest BCUT2D eigenvalue weighted by molar-refractivity contribution is -0.159. The van der Waals surface area contributed by atoms with Gasteiger partial charge in [0, 0.05) is 0 Å². The van der Waals surface area contributed by atoms with Crippen molar-refractivity contribution in [1.82, 2.24) is 10.1 Å². The van der Waals surface area contributed by atoms with Gasteiger partial charge in [0.1, 0.15) is 0 Å². The summed E-state index contributed by atoms with van der Waals surface area (Å²) in [6, 6.07) is -0.591. The van der Waals surface area contributed by atoms with Crippen molar-refractivity contribution >= 4 is 0 Å². The third-order valence-electron chi connectivity index (χ3n) is 2.38. The summed E-state index contributed by atoms with van der Waals surface area (Å²) in [7, 11) is 0. The van der Waals surface area contributed by atoms with Crippen molar-refractivity contribution in [2.45, 2.75) is 51.2 Å². The van der Waals surface area contributed by atoms with Crippen LogP contribution in [0.2, 0.25) is 0 Å². The lowest BCUT2D eigenvalue weighted by Crippen LogP contribution is -2.13. The Morgan fingerprint density at radius 2 is 2.00 bits per heavy atom. The van der Waals surface area contributed by atoms with Gasteiger partial charge in [0.25, 0.3) is 0 Å². The molecule has 1 unspecified atom stereocenters. The molecule has 4 nitrogen and oxygen atoms in total. The van der Waals surface area contributed by atoms with Gasteiger partial charge in [-0.2, -0.15) is 18.2 Å². The molecule has 0 spiro atoms. The topological polar surface area (TPSA) is 64.9 Å². The number of alkyl halides is 3. The molecule has 1 rings (SSSR count). The number of nitrogens with zero attached hydrogens (tertiary/aromatic N) is 2. The fraction of sp³-hybridized carbons (Fsp3) is 0.800. The normalized spacial score (nSPS) is 13.9. The first kappa shape index (κ1) is 14.0. The summed E-state index contributed by atoms with van der Waals surface area (Å²) in [6.45, 7) is 2.08. The highest BCUT2D eigenvalue weighted by molar-refractivity contribution is 4.95. The molecule has 0 saturated carbocycles. The number of nitrogens with two attached hydrogens (primary N) is 1. The summed E-state index contributed by atoms with van der Waals surface area (Å²) >= 11 is 0. The predicted molar refractivity (Wildman–Crippen MR) is 55.0 cm³/mol. The Morgan fingerprint density at radius 3 is 2.53 bits per heavy atom. The van der Waals surface area contributed by atoms with E-state index in [1.54, 1.807) is 0 Å². The van der Waals surface area contributed by atoms with E-state index in [0.29, 0.717) is 6.42 Å². The molecule has 7 heteroatoms. The third-order valence-corrected chi connectivity index (χ3v) is 2.38. The smallest absolute Gasteiger partial charge is 0.329 e. The Kier molecular flexibility index (Phi) is 4.92. The van der Waals surface area contributed by atoms with E-state index in [9.17, 15) is 13.2 Å². The highest BCUT2D eigenvalue weighted by Crippen LogP contribution is 2.28. The molecule has 0 aliphatic carbocycles. The van der Waals surface area contributed by atoms with Gasteiger partial charge < -0.3 is 10.3 Å². The standard InChI is InChI=1S/C10H16F3N3O/c1-2-3-4-5-6-7(14)8-15-9(17-16-8)10(11,12)13/h7H,2-6,14H2,1H3. The van der Waals surface area contributed by atoms with Gasteiger partial charge in [-0.3, -0.25) is 0 Å². The van der Waals surface area contributed by atoms with Crippen molar-refractivity contribution in [3.05, 3.63) is 11.7 Å². The van der Waals surface area contributed by atoms with E-state index in [0.717, 1.165) is 25.7 Å². The SMILES string of the molecule is CCCCCCC(N)c1noc(C(F)(F)F)n1. The van der Waals surface area contributed by atoms with Crippen LogP contribution in [-0.4, -0.2) is 10.1 Å². The van der Waals surface area contributed by atoms with Crippen LogP contribution >= 0.6 is 0 Å². The van der Waals surface area contributed by atoms with Crippen molar-refractivity contribution in [3.8, 4) is 0 Å². The van der Waals surface area contributed by atoms with Crippen molar-refractivity contribution in [2.75, 3.05) is 0 Å². The van der Waals surface area contributed by atoms with Crippen molar-refractivity contribution in [3.63, 3.8) is 0 Å². The monoisotopic (exact) mass is 251 g/mol. The third kappa shape index (κ3) is 4.33. The molecule has 0 amide bonds. The molecule has 0 bridgehead atoms. The lowest BCUT2D eigenvalue weighted by Gasteiger charge is -2.05. The van der Waals surface area contributed by atoms with Gasteiger partial charge in [-0.15, -0.1) is 0 Å². The molecule has 17 heavy (non-hydrogen) atoms. The van der Waals surface area contributed by atoms with Crippen LogP contribution in [-0.2, 0) is 6.18 Å². The average Bonchev–Trinajstić information content (AvgIpc) is 2.72. The Labute approximate surface area is 97.4 Å². The predicted octanol–water partition coefficient (Wildman–Crippen LogP) is 3.06. The number of hydrogen-bond donors (Lipinski definition) is 1. The Balaban J connectivity index is 2.47. The molecule has 0 aliphatic rings. The first-order chi connectivity index (χ1) is 7.95. The molecule has 0 fully saturated rings. The molecule has 0 radical (unpaired) electrons. The molecule has 98 valence electrons. The van der Waals surface area contributed by atoms with Crippen LogP contribution in [0.1, 0.15) is 56.8 Å². The second kappa shape index (κ2) is 6.00. The minimum Gasteiger partial charge on any atom is -0.329 e. The number of hydrogen-bond acceptors (Lipinski definition) is 4. The van der Waals surface area contributed by atoms with Gasteiger partial charge in [0.15, 0.2) is 5.82 Å². The van der Waals surface area contributed by atoms with Gasteiger partial charge in [0.2, 0.25) is 0 Å². The molecule has 0 aromatic carbocycles. The van der Waals surface area contributed by atoms with Crippen LogP contribution in [0.3, 0.4) is 0 Å². The van der Waals surface area contributed by atoms with E-state index in [-0.39, 0.29) is 5.82 Å². The zero-order valence-corrected chi connectivity index (χ0v) is 9.63. The second-order valence-electron chi connectivity index (χ2n) is 3.91. The van der Waals surface area contributed by atoms with Crippen molar-refractivity contribution in [2.24, 2.45) is 5.73 Å². The summed E-state index contributed by atoms with van der Waals surface area (Å²) in [5.41, 5.74) is 5.68. The number of rotatable bonds is 6. The first-order valence-corrected chi connectivity index (χ1v) is 5.61. The van der Waals surface area contributed by atoms with E-state index in [1.807, 2.05) is 0 Å². The minimum atomic E-state index is -4.60. The van der Waals surface area contributed by atoms with Crippen LogP contribution < -0.4 is 5.73 Å². The maximum absolute atomic E-state index is 12.2. The van der Waals surface area contributed by atoms with Crippen LogP contribution in [0, 0.1) is 0 Å². The summed E-state index contributed by atoms with van der Waals surface area (Å²) in [4.78, 5) is 3.25. The molecule has 1 aromatic heterocycles. The summed E-state index contributed by atoms with van der Waals surface area (Å²) in [6.07, 6.45) is 0.00548. The average molecular weight is 251 g/mol. The number of unbranched alkanes of at least 4 members (excludes halogenated alkanes) is 3. The highest BCUT2D eigenvalue weighted by Gasteiger charge is 2.38. The van der Waals surface area contributed by atoms with Crippen molar-refractivity contribution < 1.29 is 17.7 Å². The molecule has 1 atom stereocenters. The van der Waals surface area contributed by atoms with Crippen LogP contribution in [0.15, 0.2) is 4.52 Å². The van der Waals surface area contributed by atoms with Gasteiger partial charge in [-0.25, -0.2) is 0 Å². The minimum absolute atomic E-state index is 0.0752. The fourth-order valence-electron chi connectivity index (χ4n) is 1.42. The maximum atomic E-state index is 12.2. The maximum Gasteiger partial charge on any atom is 0.471 e. The van der Waals surface area contributed by atoms with Crippen molar-refractivity contribution in [1.29, 1.82) is 0 Å². The van der Waals surface area contributed by atoms with Gasteiger partial charge in [0.05, 0.1) is 6.04 Å². The van der Waals surface area contributed by atoms with Gasteiger partial charge in [-0.05, 0) is 6.42 Å². The Bertz CT molecular complexity index is 338. The molecule has 0 aliphatic heterocycles. The number of aromatic nitrogens is 2.